The Morgan fingerprint density at radius 2 is 2.08 bits per heavy atom. The van der Waals surface area contributed by atoms with Crippen LogP contribution < -0.4 is 10.9 Å². The van der Waals surface area contributed by atoms with Gasteiger partial charge in [0.2, 0.25) is 0 Å². The zero-order valence-corrected chi connectivity index (χ0v) is 14.8. The van der Waals surface area contributed by atoms with Gasteiger partial charge in [-0.15, -0.1) is 0 Å². The van der Waals surface area contributed by atoms with Crippen LogP contribution in [0, 0.1) is 13.8 Å². The van der Waals surface area contributed by atoms with Crippen LogP contribution in [0.1, 0.15) is 51.8 Å². The Morgan fingerprint density at radius 3 is 2.81 bits per heavy atom. The fraction of sp³-hybridized carbons (Fsp3) is 0.316. The molecule has 1 aromatic carbocycles. The molecule has 0 fully saturated rings. The Kier molecular flexibility index (Phi) is 3.99. The second-order valence-electron chi connectivity index (χ2n) is 6.82. The highest BCUT2D eigenvalue weighted by atomic mass is 16.2. The van der Waals surface area contributed by atoms with Gasteiger partial charge in [-0.2, -0.15) is 5.10 Å². The lowest BCUT2D eigenvalue weighted by atomic mass is 9.92. The van der Waals surface area contributed by atoms with E-state index in [9.17, 15) is 9.59 Å². The molecule has 1 aliphatic rings. The molecule has 4 rings (SSSR count). The first kappa shape index (κ1) is 16.4. The summed E-state index contributed by atoms with van der Waals surface area (Å²) in [6.45, 7) is 4.18. The first-order valence-corrected chi connectivity index (χ1v) is 8.76. The first-order valence-electron chi connectivity index (χ1n) is 8.76. The smallest absolute Gasteiger partial charge is 0.269 e. The summed E-state index contributed by atoms with van der Waals surface area (Å²) >= 11 is 0. The maximum Gasteiger partial charge on any atom is 0.269 e. The molecule has 3 aromatic rings. The number of fused-ring (bicyclic) bond motifs is 1. The van der Waals surface area contributed by atoms with Crippen LogP contribution >= 0.6 is 0 Å². The van der Waals surface area contributed by atoms with Crippen molar-refractivity contribution in [3.8, 4) is 5.69 Å². The number of hydrogen-bond donors (Lipinski definition) is 3. The van der Waals surface area contributed by atoms with Crippen molar-refractivity contribution < 1.29 is 4.79 Å². The molecule has 2 heterocycles. The van der Waals surface area contributed by atoms with Gasteiger partial charge >= 0.3 is 0 Å². The number of benzene rings is 1. The number of rotatable bonds is 3. The normalized spacial score (nSPS) is 16.3. The number of carbonyl (C=O) groups is 1. The van der Waals surface area contributed by atoms with E-state index < -0.39 is 0 Å². The number of nitrogens with one attached hydrogen (secondary N) is 3. The minimum absolute atomic E-state index is 0.107. The number of amides is 1. The van der Waals surface area contributed by atoms with Gasteiger partial charge < -0.3 is 5.32 Å². The van der Waals surface area contributed by atoms with E-state index >= 15 is 0 Å². The summed E-state index contributed by atoms with van der Waals surface area (Å²) in [7, 11) is 0. The number of aromatic amines is 2. The van der Waals surface area contributed by atoms with Crippen molar-refractivity contribution >= 4 is 5.91 Å². The van der Waals surface area contributed by atoms with Crippen LogP contribution in [0.3, 0.4) is 0 Å². The van der Waals surface area contributed by atoms with E-state index in [2.05, 4.69) is 52.7 Å². The highest BCUT2D eigenvalue weighted by Crippen LogP contribution is 2.31. The van der Waals surface area contributed by atoms with Crippen molar-refractivity contribution in [1.82, 2.24) is 25.3 Å². The van der Waals surface area contributed by atoms with Gasteiger partial charge in [-0.05, 0) is 56.4 Å². The summed E-state index contributed by atoms with van der Waals surface area (Å²) in [4.78, 5) is 23.6. The Labute approximate surface area is 150 Å². The van der Waals surface area contributed by atoms with Gasteiger partial charge in [-0.3, -0.25) is 19.8 Å². The molecule has 0 bridgehead atoms. The predicted octanol–water partition coefficient (Wildman–Crippen LogP) is 2.31. The standard InChI is InChI=1S/C19H21N5O2/c1-11-6-7-13(8-12(11)2)24-17-5-3-4-15(14(17)10-20-24)21-19(26)16-9-18(25)23-22-16/h6-10,15H,3-5H2,1-2H3,(H,21,26)(H2,22,23,25)/t15-/m1/s1. The number of carbonyl (C=O) groups excluding carboxylic acids is 1. The number of hydrogen-bond acceptors (Lipinski definition) is 3. The molecule has 1 atom stereocenters. The molecule has 0 saturated heterocycles. The molecular weight excluding hydrogens is 330 g/mol. The molecule has 0 spiro atoms. The second kappa shape index (κ2) is 6.33. The van der Waals surface area contributed by atoms with E-state index in [1.807, 2.05) is 10.9 Å². The van der Waals surface area contributed by atoms with Crippen LogP contribution in [-0.2, 0) is 6.42 Å². The molecule has 26 heavy (non-hydrogen) atoms. The van der Waals surface area contributed by atoms with Gasteiger partial charge in [-0.25, -0.2) is 4.68 Å². The van der Waals surface area contributed by atoms with Gasteiger partial charge in [0, 0.05) is 17.3 Å². The number of H-pyrrole nitrogens is 2. The highest BCUT2D eigenvalue weighted by molar-refractivity contribution is 5.92. The Bertz CT molecular complexity index is 1030. The van der Waals surface area contributed by atoms with Crippen LogP contribution in [0.5, 0.6) is 0 Å². The molecule has 2 aromatic heterocycles. The molecule has 0 saturated carbocycles. The molecule has 7 nitrogen and oxygen atoms in total. The molecule has 7 heteroatoms. The fourth-order valence-corrected chi connectivity index (χ4v) is 3.48. The zero-order chi connectivity index (χ0) is 18.3. The fourth-order valence-electron chi connectivity index (χ4n) is 3.48. The third-order valence-electron chi connectivity index (χ3n) is 5.06. The third-order valence-corrected chi connectivity index (χ3v) is 5.06. The third kappa shape index (κ3) is 2.85. The number of nitrogens with zero attached hydrogens (tertiary/aromatic N) is 2. The van der Waals surface area contributed by atoms with Crippen LogP contribution in [0.15, 0.2) is 35.3 Å². The lowest BCUT2D eigenvalue weighted by Crippen LogP contribution is -2.31. The summed E-state index contributed by atoms with van der Waals surface area (Å²) in [5.41, 5.74) is 5.61. The van der Waals surface area contributed by atoms with Gasteiger partial charge in [0.1, 0.15) is 5.69 Å². The minimum atomic E-state index is -0.318. The molecular formula is C19H21N5O2. The van der Waals surface area contributed by atoms with Crippen molar-refractivity contribution in [2.75, 3.05) is 0 Å². The Morgan fingerprint density at radius 1 is 1.23 bits per heavy atom. The summed E-state index contributed by atoms with van der Waals surface area (Å²) < 4.78 is 1.97. The number of aryl methyl sites for hydroxylation is 2. The van der Waals surface area contributed by atoms with Crippen LogP contribution in [-0.4, -0.2) is 25.9 Å². The maximum atomic E-state index is 12.4. The van der Waals surface area contributed by atoms with Gasteiger partial charge in [0.25, 0.3) is 11.5 Å². The van der Waals surface area contributed by atoms with Gasteiger partial charge in [-0.1, -0.05) is 6.07 Å². The predicted molar refractivity (Wildman–Crippen MR) is 97.6 cm³/mol. The summed E-state index contributed by atoms with van der Waals surface area (Å²) in [5.74, 6) is -0.292. The van der Waals surface area contributed by atoms with Crippen LogP contribution in [0.4, 0.5) is 0 Å². The van der Waals surface area contributed by atoms with E-state index in [-0.39, 0.29) is 23.2 Å². The second-order valence-corrected chi connectivity index (χ2v) is 6.82. The summed E-state index contributed by atoms with van der Waals surface area (Å²) in [5, 5.41) is 12.6. The summed E-state index contributed by atoms with van der Waals surface area (Å²) in [6, 6.07) is 7.46. The topological polar surface area (TPSA) is 95.6 Å². The first-order chi connectivity index (χ1) is 12.5. The molecule has 3 N–H and O–H groups in total. The largest absolute Gasteiger partial charge is 0.344 e. The number of aromatic nitrogens is 4. The summed E-state index contributed by atoms with van der Waals surface area (Å²) in [6.07, 6.45) is 4.59. The van der Waals surface area contributed by atoms with E-state index in [4.69, 9.17) is 0 Å². The quantitative estimate of drug-likeness (QED) is 0.676. The lowest BCUT2D eigenvalue weighted by molar-refractivity contribution is 0.0927. The lowest BCUT2D eigenvalue weighted by Gasteiger charge is -2.24. The monoisotopic (exact) mass is 351 g/mol. The van der Waals surface area contributed by atoms with Gasteiger partial charge in [0.05, 0.1) is 17.9 Å². The maximum absolute atomic E-state index is 12.4. The van der Waals surface area contributed by atoms with E-state index in [0.717, 1.165) is 36.2 Å². The van der Waals surface area contributed by atoms with Crippen molar-refractivity contribution in [3.63, 3.8) is 0 Å². The van der Waals surface area contributed by atoms with E-state index in [1.54, 1.807) is 0 Å². The molecule has 0 radical (unpaired) electrons. The van der Waals surface area contributed by atoms with Crippen LogP contribution in [0.25, 0.3) is 5.69 Å². The molecule has 134 valence electrons. The molecule has 0 unspecified atom stereocenters. The average Bonchev–Trinajstić information content (AvgIpc) is 3.24. The highest BCUT2D eigenvalue weighted by Gasteiger charge is 2.26. The molecule has 1 amide bonds. The SMILES string of the molecule is Cc1ccc(-n2ncc3c2CCC[C@H]3NC(=O)c2cc(=O)[nH][nH]2)cc1C. The Hall–Kier alpha value is -3.09. The van der Waals surface area contributed by atoms with Crippen molar-refractivity contribution in [2.24, 2.45) is 0 Å². The van der Waals surface area contributed by atoms with Crippen molar-refractivity contribution in [1.29, 1.82) is 0 Å². The molecule has 0 aliphatic heterocycles. The van der Waals surface area contributed by atoms with Gasteiger partial charge in [0.15, 0.2) is 0 Å². The molecule has 1 aliphatic carbocycles. The van der Waals surface area contributed by atoms with E-state index in [0.29, 0.717) is 0 Å². The van der Waals surface area contributed by atoms with Crippen molar-refractivity contribution in [2.45, 2.75) is 39.2 Å². The van der Waals surface area contributed by atoms with E-state index in [1.165, 1.54) is 17.2 Å². The minimum Gasteiger partial charge on any atom is -0.344 e. The van der Waals surface area contributed by atoms with Crippen molar-refractivity contribution in [3.05, 3.63) is 68.9 Å². The Balaban J connectivity index is 1.63. The zero-order valence-electron chi connectivity index (χ0n) is 14.8. The van der Waals surface area contributed by atoms with Crippen LogP contribution in [0.2, 0.25) is 0 Å². The average molecular weight is 351 g/mol.